The van der Waals surface area contributed by atoms with E-state index in [0.29, 0.717) is 12.3 Å². The molecule has 1 aromatic heterocycles. The highest BCUT2D eigenvalue weighted by Crippen LogP contribution is 2.25. The van der Waals surface area contributed by atoms with Gasteiger partial charge < -0.3 is 20.1 Å². The number of carbonyl (C=O) groups is 2. The van der Waals surface area contributed by atoms with E-state index in [1.54, 1.807) is 11.1 Å². The molecule has 4 atom stereocenters. The van der Waals surface area contributed by atoms with Crippen LogP contribution in [-0.4, -0.2) is 70.0 Å². The molecule has 0 radical (unpaired) electrons. The Kier molecular flexibility index (Phi) is 5.59. The smallest absolute Gasteiger partial charge is 0.274 e. The first-order valence-electron chi connectivity index (χ1n) is 10.3. The van der Waals surface area contributed by atoms with Crippen LogP contribution >= 0.6 is 0 Å². The van der Waals surface area contributed by atoms with Crippen LogP contribution in [0.1, 0.15) is 54.2 Å². The molecule has 152 valence electrons. The van der Waals surface area contributed by atoms with Crippen molar-refractivity contribution in [2.24, 2.45) is 5.92 Å². The van der Waals surface area contributed by atoms with E-state index in [2.05, 4.69) is 15.5 Å². The maximum Gasteiger partial charge on any atom is 0.274 e. The molecule has 2 amide bonds. The normalized spacial score (nSPS) is 30.0. The Morgan fingerprint density at radius 2 is 2.07 bits per heavy atom. The number of nitrogens with one attached hydrogen (secondary N) is 1. The fourth-order valence-electron chi connectivity index (χ4n) is 4.53. The summed E-state index contributed by atoms with van der Waals surface area (Å²) in [6, 6.07) is -0.474. The highest BCUT2D eigenvalue weighted by molar-refractivity contribution is 5.94. The molecule has 0 unspecified atom stereocenters. The van der Waals surface area contributed by atoms with Crippen LogP contribution in [0.25, 0.3) is 0 Å². The van der Waals surface area contributed by atoms with Gasteiger partial charge in [-0.25, -0.2) is 0 Å². The van der Waals surface area contributed by atoms with Crippen LogP contribution in [0.15, 0.2) is 6.20 Å². The predicted octanol–water partition coefficient (Wildman–Crippen LogP) is 0.472. The average Bonchev–Trinajstić information content (AvgIpc) is 3.07. The second kappa shape index (κ2) is 8.13. The number of aryl methyl sites for hydroxylation is 1. The van der Waals surface area contributed by atoms with Crippen LogP contribution < -0.4 is 5.32 Å². The van der Waals surface area contributed by atoms with E-state index < -0.39 is 12.1 Å². The van der Waals surface area contributed by atoms with Crippen LogP contribution in [0.5, 0.6) is 0 Å². The van der Waals surface area contributed by atoms with Gasteiger partial charge in [0.1, 0.15) is 0 Å². The van der Waals surface area contributed by atoms with Crippen LogP contribution in [-0.2, 0) is 22.4 Å². The molecule has 1 aromatic rings. The minimum Gasteiger partial charge on any atom is -0.389 e. The van der Waals surface area contributed by atoms with E-state index in [9.17, 15) is 14.7 Å². The molecule has 3 aliphatic rings. The summed E-state index contributed by atoms with van der Waals surface area (Å²) in [4.78, 5) is 27.2. The number of aliphatic hydroxyl groups excluding tert-OH is 1. The number of nitrogens with zero attached hydrogens (tertiary/aromatic N) is 3. The Labute approximate surface area is 164 Å². The lowest BCUT2D eigenvalue weighted by Gasteiger charge is -2.29. The van der Waals surface area contributed by atoms with Gasteiger partial charge in [0, 0.05) is 19.7 Å². The van der Waals surface area contributed by atoms with E-state index in [1.807, 2.05) is 6.92 Å². The highest BCUT2D eigenvalue weighted by atomic mass is 16.5. The fraction of sp³-hybridized carbons (Fsp3) is 0.700. The number of β-amino-alcohol motifs (C(OH)–C–C–N with tert-alkyl or cyclic N) is 1. The SMILES string of the molecule is C[C@@H]1OCCC[C@@H]1C(=O)N[C@@H]1CN(C(=O)c2nncc3c2CCCC3)C[C@H]1O. The van der Waals surface area contributed by atoms with Crippen molar-refractivity contribution in [1.82, 2.24) is 20.4 Å². The van der Waals surface area contributed by atoms with Crippen LogP contribution in [0, 0.1) is 5.92 Å². The van der Waals surface area contributed by atoms with Gasteiger partial charge in [-0.3, -0.25) is 9.59 Å². The average molecular weight is 388 g/mol. The van der Waals surface area contributed by atoms with E-state index in [-0.39, 0.29) is 36.9 Å². The number of ether oxygens (including phenoxy) is 1. The fourth-order valence-corrected chi connectivity index (χ4v) is 4.53. The van der Waals surface area contributed by atoms with Crippen molar-refractivity contribution in [2.45, 2.75) is 63.7 Å². The highest BCUT2D eigenvalue weighted by Gasteiger charge is 2.39. The van der Waals surface area contributed by atoms with Crippen molar-refractivity contribution >= 4 is 11.8 Å². The minimum absolute atomic E-state index is 0.109. The standard InChI is InChI=1S/C20H28N4O4/c1-12-14(7-4-8-28-12)19(26)22-16-10-24(11-17(16)25)20(27)18-15-6-3-2-5-13(15)9-21-23-18/h9,12,14,16-17,25H,2-8,10-11H2,1H3,(H,22,26)/t12-,14-,16+,17+/m0/s1. The Morgan fingerprint density at radius 3 is 2.89 bits per heavy atom. The minimum atomic E-state index is -0.791. The lowest BCUT2D eigenvalue weighted by atomic mass is 9.92. The number of hydrogen-bond acceptors (Lipinski definition) is 6. The van der Waals surface area contributed by atoms with Gasteiger partial charge >= 0.3 is 0 Å². The second-order valence-electron chi connectivity index (χ2n) is 8.12. The van der Waals surface area contributed by atoms with Crippen LogP contribution in [0.3, 0.4) is 0 Å². The molecule has 4 rings (SSSR count). The monoisotopic (exact) mass is 388 g/mol. The molecule has 0 aromatic carbocycles. The van der Waals surface area contributed by atoms with Gasteiger partial charge in [-0.15, -0.1) is 5.10 Å². The summed E-state index contributed by atoms with van der Waals surface area (Å²) in [7, 11) is 0. The summed E-state index contributed by atoms with van der Waals surface area (Å²) >= 11 is 0. The zero-order valence-corrected chi connectivity index (χ0v) is 16.3. The Bertz CT molecular complexity index is 756. The zero-order valence-electron chi connectivity index (χ0n) is 16.3. The first-order chi connectivity index (χ1) is 13.5. The van der Waals surface area contributed by atoms with Gasteiger partial charge in [0.2, 0.25) is 5.91 Å². The summed E-state index contributed by atoms with van der Waals surface area (Å²) in [5.41, 5.74) is 2.48. The van der Waals surface area contributed by atoms with Crippen molar-refractivity contribution in [2.75, 3.05) is 19.7 Å². The maximum atomic E-state index is 13.0. The molecule has 2 N–H and O–H groups in total. The van der Waals surface area contributed by atoms with Crippen LogP contribution in [0.2, 0.25) is 0 Å². The van der Waals surface area contributed by atoms with Gasteiger partial charge in [-0.2, -0.15) is 5.10 Å². The van der Waals surface area contributed by atoms with Crippen molar-refractivity contribution in [3.05, 3.63) is 23.0 Å². The topological polar surface area (TPSA) is 105 Å². The number of aliphatic hydroxyl groups is 1. The Balaban J connectivity index is 1.42. The predicted molar refractivity (Wildman–Crippen MR) is 101 cm³/mol. The third kappa shape index (κ3) is 3.75. The number of aromatic nitrogens is 2. The Morgan fingerprint density at radius 1 is 1.25 bits per heavy atom. The van der Waals surface area contributed by atoms with Crippen molar-refractivity contribution < 1.29 is 19.4 Å². The van der Waals surface area contributed by atoms with Crippen molar-refractivity contribution in [3.63, 3.8) is 0 Å². The number of fused-ring (bicyclic) bond motifs is 1. The molecule has 0 spiro atoms. The molecule has 8 nitrogen and oxygen atoms in total. The third-order valence-corrected chi connectivity index (χ3v) is 6.22. The van der Waals surface area contributed by atoms with E-state index in [1.165, 1.54) is 0 Å². The van der Waals surface area contributed by atoms with Gasteiger partial charge in [0.05, 0.1) is 30.4 Å². The summed E-state index contributed by atoms with van der Waals surface area (Å²) in [5, 5.41) is 21.5. The Hall–Kier alpha value is -2.06. The van der Waals surface area contributed by atoms with Gasteiger partial charge in [-0.1, -0.05) is 0 Å². The zero-order chi connectivity index (χ0) is 19.7. The molecule has 0 saturated carbocycles. The summed E-state index contributed by atoms with van der Waals surface area (Å²) in [5.74, 6) is -0.531. The molecule has 2 fully saturated rings. The first kappa shape index (κ1) is 19.3. The number of hydrogen-bond donors (Lipinski definition) is 2. The van der Waals surface area contributed by atoms with Gasteiger partial charge in [0.25, 0.3) is 5.91 Å². The van der Waals surface area contributed by atoms with Crippen molar-refractivity contribution in [3.8, 4) is 0 Å². The molecule has 1 aliphatic carbocycles. The third-order valence-electron chi connectivity index (χ3n) is 6.22. The number of carbonyl (C=O) groups excluding carboxylic acids is 2. The first-order valence-corrected chi connectivity index (χ1v) is 10.3. The van der Waals surface area contributed by atoms with E-state index >= 15 is 0 Å². The van der Waals surface area contributed by atoms with E-state index in [4.69, 9.17) is 4.74 Å². The van der Waals surface area contributed by atoms with Crippen LogP contribution in [0.4, 0.5) is 0 Å². The number of amides is 2. The molecule has 2 aliphatic heterocycles. The summed E-state index contributed by atoms with van der Waals surface area (Å²) < 4.78 is 5.57. The van der Waals surface area contributed by atoms with Crippen molar-refractivity contribution in [1.29, 1.82) is 0 Å². The number of rotatable bonds is 3. The largest absolute Gasteiger partial charge is 0.389 e. The maximum absolute atomic E-state index is 13.0. The quantitative estimate of drug-likeness (QED) is 0.780. The summed E-state index contributed by atoms with van der Waals surface area (Å²) in [6.07, 6.45) is 6.38. The molecule has 2 saturated heterocycles. The lowest BCUT2D eigenvalue weighted by molar-refractivity contribution is -0.134. The van der Waals surface area contributed by atoms with E-state index in [0.717, 1.165) is 49.7 Å². The number of likely N-dealkylation sites (tertiary alicyclic amines) is 1. The van der Waals surface area contributed by atoms with Gasteiger partial charge in [-0.05, 0) is 56.6 Å². The lowest BCUT2D eigenvalue weighted by Crippen LogP contribution is -2.48. The molecule has 0 bridgehead atoms. The summed E-state index contributed by atoms with van der Waals surface area (Å²) in [6.45, 7) is 3.05. The second-order valence-corrected chi connectivity index (χ2v) is 8.12. The molecular formula is C20H28N4O4. The molecule has 3 heterocycles. The molecular weight excluding hydrogens is 360 g/mol. The van der Waals surface area contributed by atoms with Gasteiger partial charge in [0.15, 0.2) is 5.69 Å². The molecule has 28 heavy (non-hydrogen) atoms. The molecule has 8 heteroatoms.